The highest BCUT2D eigenvalue weighted by Gasteiger charge is 2.13. The molecule has 0 saturated carbocycles. The van der Waals surface area contributed by atoms with Crippen LogP contribution in [-0.2, 0) is 0 Å². The fraction of sp³-hybridized carbons (Fsp3) is 0.267. The molecular weight excluding hydrogens is 242 g/mol. The van der Waals surface area contributed by atoms with Crippen molar-refractivity contribution in [3.8, 4) is 0 Å². The van der Waals surface area contributed by atoms with E-state index in [9.17, 15) is 9.90 Å². The zero-order chi connectivity index (χ0) is 14.0. The molecule has 1 atom stereocenters. The molecule has 1 aromatic carbocycles. The average Bonchev–Trinajstić information content (AvgIpc) is 2.69. The highest BCUT2D eigenvalue weighted by atomic mass is 16.3. The van der Waals surface area contributed by atoms with E-state index < -0.39 is 6.10 Å². The molecule has 0 aliphatic heterocycles. The number of furan rings is 1. The second-order valence-electron chi connectivity index (χ2n) is 4.58. The number of hydrogen-bond acceptors (Lipinski definition) is 3. The first-order valence-corrected chi connectivity index (χ1v) is 6.14. The molecule has 0 bridgehead atoms. The Bertz CT molecular complexity index is 582. The van der Waals surface area contributed by atoms with Crippen molar-refractivity contribution in [3.63, 3.8) is 0 Å². The zero-order valence-corrected chi connectivity index (χ0v) is 11.2. The molecular formula is C15H17NO3. The van der Waals surface area contributed by atoms with Gasteiger partial charge in [0.25, 0.3) is 5.91 Å². The second-order valence-corrected chi connectivity index (χ2v) is 4.58. The molecule has 19 heavy (non-hydrogen) atoms. The van der Waals surface area contributed by atoms with Crippen molar-refractivity contribution in [2.45, 2.75) is 26.9 Å². The van der Waals surface area contributed by atoms with Gasteiger partial charge < -0.3 is 14.8 Å². The maximum Gasteiger partial charge on any atom is 0.259 e. The summed E-state index contributed by atoms with van der Waals surface area (Å²) in [7, 11) is 0. The van der Waals surface area contributed by atoms with E-state index in [-0.39, 0.29) is 5.91 Å². The van der Waals surface area contributed by atoms with Gasteiger partial charge in [-0.05, 0) is 44.5 Å². The van der Waals surface area contributed by atoms with Crippen molar-refractivity contribution in [3.05, 3.63) is 53.0 Å². The van der Waals surface area contributed by atoms with Crippen molar-refractivity contribution in [1.82, 2.24) is 0 Å². The Morgan fingerprint density at radius 1 is 1.26 bits per heavy atom. The Morgan fingerprint density at radius 2 is 1.89 bits per heavy atom. The van der Waals surface area contributed by atoms with Crippen LogP contribution >= 0.6 is 0 Å². The second kappa shape index (κ2) is 5.28. The molecule has 1 aromatic heterocycles. The van der Waals surface area contributed by atoms with Crippen LogP contribution in [0.4, 0.5) is 5.69 Å². The number of carbonyl (C=O) groups is 1. The van der Waals surface area contributed by atoms with E-state index in [4.69, 9.17) is 4.42 Å². The number of aliphatic hydroxyl groups excluding tert-OH is 1. The Balaban J connectivity index is 2.13. The predicted octanol–water partition coefficient (Wildman–Crippen LogP) is 3.20. The third kappa shape index (κ3) is 3.03. The zero-order valence-electron chi connectivity index (χ0n) is 11.2. The minimum atomic E-state index is -0.511. The number of anilines is 1. The van der Waals surface area contributed by atoms with E-state index in [1.165, 1.54) is 0 Å². The molecule has 0 spiro atoms. The lowest BCUT2D eigenvalue weighted by atomic mass is 10.1. The van der Waals surface area contributed by atoms with Gasteiger partial charge in [0.15, 0.2) is 0 Å². The molecule has 0 radical (unpaired) electrons. The van der Waals surface area contributed by atoms with Gasteiger partial charge in [-0.1, -0.05) is 12.1 Å². The van der Waals surface area contributed by atoms with Crippen LogP contribution in [0.2, 0.25) is 0 Å². The molecule has 0 aliphatic carbocycles. The van der Waals surface area contributed by atoms with Crippen LogP contribution in [0.3, 0.4) is 0 Å². The van der Waals surface area contributed by atoms with Crippen molar-refractivity contribution in [2.75, 3.05) is 5.32 Å². The number of hydrogen-bond donors (Lipinski definition) is 2. The largest absolute Gasteiger partial charge is 0.466 e. The van der Waals surface area contributed by atoms with Gasteiger partial charge in [0.2, 0.25) is 0 Å². The van der Waals surface area contributed by atoms with Gasteiger partial charge in [-0.3, -0.25) is 4.79 Å². The van der Waals surface area contributed by atoms with Gasteiger partial charge in [0, 0.05) is 5.69 Å². The Kier molecular flexibility index (Phi) is 3.71. The molecule has 1 unspecified atom stereocenters. The normalized spacial score (nSPS) is 12.2. The summed E-state index contributed by atoms with van der Waals surface area (Å²) in [6.07, 6.45) is -0.511. The van der Waals surface area contributed by atoms with Gasteiger partial charge in [0.05, 0.1) is 11.7 Å². The molecule has 2 aromatic rings. The third-order valence-corrected chi connectivity index (χ3v) is 2.94. The van der Waals surface area contributed by atoms with Gasteiger partial charge in [-0.25, -0.2) is 0 Å². The monoisotopic (exact) mass is 259 g/mol. The van der Waals surface area contributed by atoms with Crippen LogP contribution in [0.15, 0.2) is 34.7 Å². The number of benzene rings is 1. The molecule has 1 amide bonds. The standard InChI is InChI=1S/C15H17NO3/c1-9-8-14(11(3)19-9)15(18)16-13-6-4-12(5-7-13)10(2)17/h4-8,10,17H,1-3H3,(H,16,18). The first-order chi connectivity index (χ1) is 8.97. The van der Waals surface area contributed by atoms with Crippen LogP contribution in [0.1, 0.15) is 40.5 Å². The van der Waals surface area contributed by atoms with Gasteiger partial charge in [0.1, 0.15) is 11.5 Å². The molecule has 4 heteroatoms. The molecule has 0 fully saturated rings. The summed E-state index contributed by atoms with van der Waals surface area (Å²) >= 11 is 0. The first kappa shape index (κ1) is 13.4. The van der Waals surface area contributed by atoms with Crippen LogP contribution in [0.5, 0.6) is 0 Å². The molecule has 0 aliphatic rings. The number of aliphatic hydroxyl groups is 1. The Hall–Kier alpha value is -2.07. The van der Waals surface area contributed by atoms with E-state index in [1.807, 2.05) is 0 Å². The average molecular weight is 259 g/mol. The lowest BCUT2D eigenvalue weighted by Crippen LogP contribution is -2.12. The fourth-order valence-electron chi connectivity index (χ4n) is 1.90. The molecule has 4 nitrogen and oxygen atoms in total. The summed E-state index contributed by atoms with van der Waals surface area (Å²) in [5.74, 6) is 1.13. The minimum absolute atomic E-state index is 0.195. The molecule has 1 heterocycles. The molecule has 100 valence electrons. The van der Waals surface area contributed by atoms with Crippen LogP contribution < -0.4 is 5.32 Å². The lowest BCUT2D eigenvalue weighted by Gasteiger charge is -2.07. The number of aryl methyl sites for hydroxylation is 2. The van der Waals surface area contributed by atoms with E-state index in [0.29, 0.717) is 22.8 Å². The van der Waals surface area contributed by atoms with Crippen molar-refractivity contribution in [2.24, 2.45) is 0 Å². The van der Waals surface area contributed by atoms with Crippen LogP contribution in [0, 0.1) is 13.8 Å². The van der Waals surface area contributed by atoms with E-state index in [2.05, 4.69) is 5.32 Å². The summed E-state index contributed by atoms with van der Waals surface area (Å²) in [6.45, 7) is 5.27. The minimum Gasteiger partial charge on any atom is -0.466 e. The molecule has 2 rings (SSSR count). The summed E-state index contributed by atoms with van der Waals surface area (Å²) in [6, 6.07) is 8.82. The Labute approximate surface area is 112 Å². The highest BCUT2D eigenvalue weighted by molar-refractivity contribution is 6.05. The maximum absolute atomic E-state index is 12.0. The SMILES string of the molecule is Cc1cc(C(=O)Nc2ccc(C(C)O)cc2)c(C)o1. The number of carbonyl (C=O) groups excluding carboxylic acids is 1. The van der Waals surface area contributed by atoms with Crippen molar-refractivity contribution in [1.29, 1.82) is 0 Å². The highest BCUT2D eigenvalue weighted by Crippen LogP contribution is 2.18. The first-order valence-electron chi connectivity index (χ1n) is 6.14. The van der Waals surface area contributed by atoms with Gasteiger partial charge in [-0.15, -0.1) is 0 Å². The summed E-state index contributed by atoms with van der Waals surface area (Å²) in [5, 5.41) is 12.2. The van der Waals surface area contributed by atoms with Crippen molar-refractivity contribution >= 4 is 11.6 Å². The van der Waals surface area contributed by atoms with E-state index in [1.54, 1.807) is 51.1 Å². The van der Waals surface area contributed by atoms with Crippen molar-refractivity contribution < 1.29 is 14.3 Å². The smallest absolute Gasteiger partial charge is 0.259 e. The maximum atomic E-state index is 12.0. The number of rotatable bonds is 3. The lowest BCUT2D eigenvalue weighted by molar-refractivity contribution is 0.102. The van der Waals surface area contributed by atoms with Gasteiger partial charge in [-0.2, -0.15) is 0 Å². The molecule has 0 saturated heterocycles. The fourth-order valence-corrected chi connectivity index (χ4v) is 1.90. The van der Waals surface area contributed by atoms with Gasteiger partial charge >= 0.3 is 0 Å². The topological polar surface area (TPSA) is 62.5 Å². The summed E-state index contributed by atoms with van der Waals surface area (Å²) in [5.41, 5.74) is 2.04. The molecule has 2 N–H and O–H groups in total. The third-order valence-electron chi connectivity index (χ3n) is 2.94. The quantitative estimate of drug-likeness (QED) is 0.889. The van der Waals surface area contributed by atoms with E-state index in [0.717, 1.165) is 5.56 Å². The van der Waals surface area contributed by atoms with E-state index >= 15 is 0 Å². The number of amides is 1. The summed E-state index contributed by atoms with van der Waals surface area (Å²) < 4.78 is 5.33. The number of nitrogens with one attached hydrogen (secondary N) is 1. The predicted molar refractivity (Wildman–Crippen MR) is 73.2 cm³/mol. The van der Waals surface area contributed by atoms with Crippen LogP contribution in [-0.4, -0.2) is 11.0 Å². The summed E-state index contributed by atoms with van der Waals surface area (Å²) in [4.78, 5) is 12.0. The van der Waals surface area contributed by atoms with Crippen LogP contribution in [0.25, 0.3) is 0 Å². The Morgan fingerprint density at radius 3 is 2.37 bits per heavy atom.